The Morgan fingerprint density at radius 3 is 2.81 bits per heavy atom. The number of benzene rings is 1. The highest BCUT2D eigenvalue weighted by Gasteiger charge is 2.31. The molecule has 0 spiro atoms. The quantitative estimate of drug-likeness (QED) is 0.902. The number of hydrogen-bond donors (Lipinski definition) is 2. The van der Waals surface area contributed by atoms with Gasteiger partial charge in [-0.25, -0.2) is 0 Å². The smallest absolute Gasteiger partial charge is 0.243 e. The van der Waals surface area contributed by atoms with E-state index in [1.807, 2.05) is 49.5 Å². The van der Waals surface area contributed by atoms with E-state index in [1.54, 1.807) is 6.20 Å². The highest BCUT2D eigenvalue weighted by atomic mass is 16.2. The van der Waals surface area contributed by atoms with Crippen molar-refractivity contribution in [2.45, 2.75) is 19.0 Å². The van der Waals surface area contributed by atoms with Crippen LogP contribution in [0.1, 0.15) is 18.5 Å². The van der Waals surface area contributed by atoms with Crippen LogP contribution in [0.3, 0.4) is 0 Å². The van der Waals surface area contributed by atoms with Crippen molar-refractivity contribution in [3.63, 3.8) is 0 Å². The third-order valence-electron chi connectivity index (χ3n) is 3.66. The molecule has 0 fully saturated rings. The molecule has 0 radical (unpaired) electrons. The molecule has 21 heavy (non-hydrogen) atoms. The van der Waals surface area contributed by atoms with Gasteiger partial charge in [-0.1, -0.05) is 18.2 Å². The van der Waals surface area contributed by atoms with Crippen LogP contribution in [0.25, 0.3) is 0 Å². The number of hydrogen-bond acceptors (Lipinski definition) is 4. The van der Waals surface area contributed by atoms with Gasteiger partial charge in [0.05, 0.1) is 24.0 Å². The number of carbonyl (C=O) groups is 1. The lowest BCUT2D eigenvalue weighted by Gasteiger charge is -2.39. The Balaban J connectivity index is 2.06. The highest BCUT2D eigenvalue weighted by molar-refractivity contribution is 6.01. The summed E-state index contributed by atoms with van der Waals surface area (Å²) in [6.45, 7) is 2.24. The lowest BCUT2D eigenvalue weighted by atomic mass is 9.98. The van der Waals surface area contributed by atoms with E-state index in [0.717, 1.165) is 16.9 Å². The first-order valence-electron chi connectivity index (χ1n) is 6.98. The minimum Gasteiger partial charge on any atom is -0.352 e. The number of rotatable bonds is 3. The molecule has 0 saturated carbocycles. The maximum absolute atomic E-state index is 12.0. The van der Waals surface area contributed by atoms with Crippen LogP contribution >= 0.6 is 0 Å². The summed E-state index contributed by atoms with van der Waals surface area (Å²) in [5, 5.41) is 2.90. The van der Waals surface area contributed by atoms with E-state index in [4.69, 9.17) is 5.73 Å². The van der Waals surface area contributed by atoms with Crippen LogP contribution in [0.4, 0.5) is 11.4 Å². The summed E-state index contributed by atoms with van der Waals surface area (Å²) in [5.41, 5.74) is 9.02. The van der Waals surface area contributed by atoms with Gasteiger partial charge in [-0.15, -0.1) is 0 Å². The fourth-order valence-corrected chi connectivity index (χ4v) is 2.83. The van der Waals surface area contributed by atoms with Gasteiger partial charge in [-0.05, 0) is 30.7 Å². The average molecular weight is 282 g/mol. The summed E-state index contributed by atoms with van der Waals surface area (Å²) < 4.78 is 0. The molecule has 1 aliphatic heterocycles. The van der Waals surface area contributed by atoms with Crippen LogP contribution in [-0.2, 0) is 4.79 Å². The summed E-state index contributed by atoms with van der Waals surface area (Å²) in [5.74, 6) is -0.0248. The molecule has 5 heteroatoms. The second kappa shape index (κ2) is 5.54. The minimum atomic E-state index is -0.131. The van der Waals surface area contributed by atoms with Gasteiger partial charge in [-0.2, -0.15) is 0 Å². The lowest BCUT2D eigenvalue weighted by Crippen LogP contribution is -2.46. The van der Waals surface area contributed by atoms with Crippen LogP contribution in [0.15, 0.2) is 48.8 Å². The number of fused-ring (bicyclic) bond motifs is 1. The summed E-state index contributed by atoms with van der Waals surface area (Å²) in [6.07, 6.45) is 3.54. The number of pyridine rings is 1. The summed E-state index contributed by atoms with van der Waals surface area (Å²) in [7, 11) is 0. The molecular weight excluding hydrogens is 264 g/mol. The molecule has 0 bridgehead atoms. The van der Waals surface area contributed by atoms with Gasteiger partial charge in [0.25, 0.3) is 0 Å². The summed E-state index contributed by atoms with van der Waals surface area (Å²) in [4.78, 5) is 18.2. The Morgan fingerprint density at radius 2 is 2.10 bits per heavy atom. The molecule has 1 aromatic heterocycles. The van der Waals surface area contributed by atoms with Crippen LogP contribution in [0.5, 0.6) is 0 Å². The van der Waals surface area contributed by atoms with Gasteiger partial charge < -0.3 is 16.0 Å². The first-order valence-corrected chi connectivity index (χ1v) is 6.98. The number of anilines is 2. The molecule has 2 aromatic rings. The van der Waals surface area contributed by atoms with Crippen molar-refractivity contribution in [1.29, 1.82) is 0 Å². The van der Waals surface area contributed by atoms with Crippen molar-refractivity contribution >= 4 is 17.3 Å². The SMILES string of the molecule is CC(N)C(c1cccnc1)N1CC(=O)Nc2ccccc21. The van der Waals surface area contributed by atoms with Gasteiger partial charge in [0.15, 0.2) is 0 Å². The lowest BCUT2D eigenvalue weighted by molar-refractivity contribution is -0.115. The molecule has 1 aromatic carbocycles. The molecule has 2 atom stereocenters. The van der Waals surface area contributed by atoms with Gasteiger partial charge in [0.2, 0.25) is 5.91 Å². The average Bonchev–Trinajstić information content (AvgIpc) is 2.48. The number of carbonyl (C=O) groups excluding carboxylic acids is 1. The topological polar surface area (TPSA) is 71.2 Å². The second-order valence-corrected chi connectivity index (χ2v) is 5.28. The third-order valence-corrected chi connectivity index (χ3v) is 3.66. The summed E-state index contributed by atoms with van der Waals surface area (Å²) in [6, 6.07) is 11.4. The molecule has 3 N–H and O–H groups in total. The number of para-hydroxylation sites is 2. The normalized spacial score (nSPS) is 16.9. The van der Waals surface area contributed by atoms with Crippen LogP contribution < -0.4 is 16.0 Å². The highest BCUT2D eigenvalue weighted by Crippen LogP contribution is 2.36. The molecule has 1 aliphatic rings. The van der Waals surface area contributed by atoms with Crippen molar-refractivity contribution in [2.24, 2.45) is 5.73 Å². The summed E-state index contributed by atoms with van der Waals surface area (Å²) >= 11 is 0. The van der Waals surface area contributed by atoms with Gasteiger partial charge in [0.1, 0.15) is 0 Å². The van der Waals surface area contributed by atoms with E-state index in [9.17, 15) is 4.79 Å². The zero-order chi connectivity index (χ0) is 14.8. The van der Waals surface area contributed by atoms with E-state index in [1.165, 1.54) is 0 Å². The van der Waals surface area contributed by atoms with Crippen molar-refractivity contribution in [3.05, 3.63) is 54.4 Å². The zero-order valence-corrected chi connectivity index (χ0v) is 11.9. The van der Waals surface area contributed by atoms with Gasteiger partial charge in [-0.3, -0.25) is 9.78 Å². The van der Waals surface area contributed by atoms with E-state index in [2.05, 4.69) is 15.2 Å². The Kier molecular flexibility index (Phi) is 3.58. The maximum Gasteiger partial charge on any atom is 0.243 e. The molecule has 108 valence electrons. The fraction of sp³-hybridized carbons (Fsp3) is 0.250. The molecule has 5 nitrogen and oxygen atoms in total. The largest absolute Gasteiger partial charge is 0.352 e. The first kappa shape index (κ1) is 13.6. The van der Waals surface area contributed by atoms with Crippen LogP contribution in [0.2, 0.25) is 0 Å². The van der Waals surface area contributed by atoms with E-state index >= 15 is 0 Å². The Morgan fingerprint density at radius 1 is 1.29 bits per heavy atom. The standard InChI is InChI=1S/C16H18N4O/c1-11(17)16(12-5-4-8-18-9-12)20-10-15(21)19-13-6-2-3-7-14(13)20/h2-9,11,16H,10,17H2,1H3,(H,19,21). The Labute approximate surface area is 123 Å². The molecule has 0 saturated heterocycles. The number of amides is 1. The monoisotopic (exact) mass is 282 g/mol. The number of nitrogens with zero attached hydrogens (tertiary/aromatic N) is 2. The molecule has 3 rings (SSSR count). The van der Waals surface area contributed by atoms with Crippen molar-refractivity contribution in [1.82, 2.24) is 4.98 Å². The van der Waals surface area contributed by atoms with E-state index in [-0.39, 0.29) is 24.5 Å². The Bertz CT molecular complexity index is 642. The van der Waals surface area contributed by atoms with E-state index in [0.29, 0.717) is 0 Å². The molecule has 1 amide bonds. The number of nitrogens with two attached hydrogens (primary N) is 1. The van der Waals surface area contributed by atoms with Crippen LogP contribution in [-0.4, -0.2) is 23.5 Å². The third kappa shape index (κ3) is 2.60. The fourth-order valence-electron chi connectivity index (χ4n) is 2.83. The maximum atomic E-state index is 12.0. The number of aromatic nitrogens is 1. The molecule has 2 unspecified atom stereocenters. The zero-order valence-electron chi connectivity index (χ0n) is 11.9. The molecule has 0 aliphatic carbocycles. The Hall–Kier alpha value is -2.40. The predicted molar refractivity (Wildman–Crippen MR) is 83.0 cm³/mol. The van der Waals surface area contributed by atoms with Crippen LogP contribution in [0, 0.1) is 0 Å². The predicted octanol–water partition coefficient (Wildman–Crippen LogP) is 1.93. The van der Waals surface area contributed by atoms with Crippen molar-refractivity contribution in [3.8, 4) is 0 Å². The van der Waals surface area contributed by atoms with Gasteiger partial charge >= 0.3 is 0 Å². The molecular formula is C16H18N4O. The van der Waals surface area contributed by atoms with E-state index < -0.39 is 0 Å². The van der Waals surface area contributed by atoms with Gasteiger partial charge in [0, 0.05) is 18.4 Å². The second-order valence-electron chi connectivity index (χ2n) is 5.28. The van der Waals surface area contributed by atoms with Crippen molar-refractivity contribution in [2.75, 3.05) is 16.8 Å². The molecule has 2 heterocycles. The first-order chi connectivity index (χ1) is 10.2. The number of nitrogens with one attached hydrogen (secondary N) is 1. The van der Waals surface area contributed by atoms with Crippen molar-refractivity contribution < 1.29 is 4.79 Å². The minimum absolute atomic E-state index is 0.0248.